The number of rotatable bonds is 5. The van der Waals surface area contributed by atoms with Crippen molar-refractivity contribution >= 4 is 5.97 Å². The van der Waals surface area contributed by atoms with Crippen molar-refractivity contribution in [1.82, 2.24) is 0 Å². The van der Waals surface area contributed by atoms with Gasteiger partial charge in [0.25, 0.3) is 0 Å². The molecule has 0 aromatic rings. The van der Waals surface area contributed by atoms with E-state index in [-0.39, 0.29) is 6.61 Å². The Morgan fingerprint density at radius 1 is 1.46 bits per heavy atom. The fourth-order valence-corrected chi connectivity index (χ4v) is 0.940. The Labute approximate surface area is 78.4 Å². The summed E-state index contributed by atoms with van der Waals surface area (Å²) in [5, 5.41) is 8.69. The summed E-state index contributed by atoms with van der Waals surface area (Å²) in [7, 11) is 0. The highest BCUT2D eigenvalue weighted by atomic mass is 16.5. The van der Waals surface area contributed by atoms with E-state index in [1.54, 1.807) is 13.8 Å². The topological polar surface area (TPSA) is 59.3 Å². The molecule has 0 rings (SSSR count). The molecule has 0 amide bonds. The molecule has 2 atom stereocenters. The molecule has 0 radical (unpaired) electrons. The van der Waals surface area contributed by atoms with Gasteiger partial charge in [-0.05, 0) is 20.8 Å². The molecule has 0 spiro atoms. The second-order valence-corrected chi connectivity index (χ2v) is 2.52. The third-order valence-corrected chi connectivity index (χ3v) is 1.58. The highest BCUT2D eigenvalue weighted by Gasteiger charge is 2.26. The molecule has 4 nitrogen and oxygen atoms in total. The van der Waals surface area contributed by atoms with Crippen molar-refractivity contribution in [3.63, 3.8) is 0 Å². The standard InChI is InChI=1S/C9H15NO3/c1-4-12-7(3)8(6-10)9(11)13-5-2/h7-8H,4-5H2,1-3H3. The van der Waals surface area contributed by atoms with Crippen LogP contribution in [0.5, 0.6) is 0 Å². The first-order chi connectivity index (χ1) is 6.17. The Morgan fingerprint density at radius 2 is 2.08 bits per heavy atom. The molecular formula is C9H15NO3. The highest BCUT2D eigenvalue weighted by Crippen LogP contribution is 2.08. The summed E-state index contributed by atoms with van der Waals surface area (Å²) >= 11 is 0. The lowest BCUT2D eigenvalue weighted by Crippen LogP contribution is -2.28. The van der Waals surface area contributed by atoms with Crippen LogP contribution in [0, 0.1) is 17.2 Å². The molecule has 0 aliphatic heterocycles. The molecule has 0 aromatic carbocycles. The lowest BCUT2D eigenvalue weighted by Gasteiger charge is -2.15. The molecule has 0 saturated carbocycles. The maximum absolute atomic E-state index is 11.2. The maximum Gasteiger partial charge on any atom is 0.326 e. The number of carbonyl (C=O) groups is 1. The number of nitrogens with zero attached hydrogens (tertiary/aromatic N) is 1. The maximum atomic E-state index is 11.2. The van der Waals surface area contributed by atoms with Gasteiger partial charge in [0.15, 0.2) is 5.92 Å². The quantitative estimate of drug-likeness (QED) is 0.602. The Bertz CT molecular complexity index is 198. The van der Waals surface area contributed by atoms with Crippen LogP contribution in [0.25, 0.3) is 0 Å². The van der Waals surface area contributed by atoms with Crippen molar-refractivity contribution < 1.29 is 14.3 Å². The summed E-state index contributed by atoms with van der Waals surface area (Å²) < 4.78 is 9.86. The van der Waals surface area contributed by atoms with Gasteiger partial charge in [0.05, 0.1) is 18.8 Å². The molecule has 0 N–H and O–H groups in total. The van der Waals surface area contributed by atoms with Gasteiger partial charge in [-0.15, -0.1) is 0 Å². The Balaban J connectivity index is 4.17. The van der Waals surface area contributed by atoms with Crippen LogP contribution >= 0.6 is 0 Å². The first kappa shape index (κ1) is 11.9. The Kier molecular flexibility index (Phi) is 5.90. The van der Waals surface area contributed by atoms with Gasteiger partial charge < -0.3 is 9.47 Å². The normalized spacial score (nSPS) is 14.3. The van der Waals surface area contributed by atoms with E-state index < -0.39 is 18.0 Å². The second-order valence-electron chi connectivity index (χ2n) is 2.52. The van der Waals surface area contributed by atoms with E-state index >= 15 is 0 Å². The van der Waals surface area contributed by atoms with E-state index in [0.29, 0.717) is 6.61 Å². The minimum Gasteiger partial charge on any atom is -0.465 e. The molecule has 0 aliphatic carbocycles. The minimum absolute atomic E-state index is 0.288. The SMILES string of the molecule is CCOC(=O)C(C#N)C(C)OCC. The molecular weight excluding hydrogens is 170 g/mol. The lowest BCUT2D eigenvalue weighted by molar-refractivity contribution is -0.150. The van der Waals surface area contributed by atoms with Crippen LogP contribution in [-0.4, -0.2) is 25.3 Å². The molecule has 0 heterocycles. The lowest BCUT2D eigenvalue weighted by atomic mass is 10.1. The Hall–Kier alpha value is -1.08. The van der Waals surface area contributed by atoms with Gasteiger partial charge in [0.1, 0.15) is 0 Å². The van der Waals surface area contributed by atoms with E-state index in [0.717, 1.165) is 0 Å². The van der Waals surface area contributed by atoms with Gasteiger partial charge in [0, 0.05) is 6.61 Å². The summed E-state index contributed by atoms with van der Waals surface area (Å²) in [6, 6.07) is 1.87. The number of carbonyl (C=O) groups excluding carboxylic acids is 1. The third-order valence-electron chi connectivity index (χ3n) is 1.58. The molecule has 0 aliphatic rings. The monoisotopic (exact) mass is 185 g/mol. The smallest absolute Gasteiger partial charge is 0.326 e. The number of hydrogen-bond acceptors (Lipinski definition) is 4. The molecule has 74 valence electrons. The van der Waals surface area contributed by atoms with E-state index in [1.165, 1.54) is 0 Å². The summed E-state index contributed by atoms with van der Waals surface area (Å²) in [6.45, 7) is 5.98. The zero-order chi connectivity index (χ0) is 10.3. The average molecular weight is 185 g/mol. The van der Waals surface area contributed by atoms with Crippen LogP contribution < -0.4 is 0 Å². The van der Waals surface area contributed by atoms with Crippen LogP contribution in [0.15, 0.2) is 0 Å². The van der Waals surface area contributed by atoms with Crippen molar-refractivity contribution in [3.8, 4) is 6.07 Å². The van der Waals surface area contributed by atoms with Gasteiger partial charge in [0.2, 0.25) is 0 Å². The Morgan fingerprint density at radius 3 is 2.46 bits per heavy atom. The molecule has 13 heavy (non-hydrogen) atoms. The largest absolute Gasteiger partial charge is 0.465 e. The highest BCUT2D eigenvalue weighted by molar-refractivity contribution is 5.75. The van der Waals surface area contributed by atoms with Crippen LogP contribution in [0.2, 0.25) is 0 Å². The summed E-state index contributed by atoms with van der Waals surface area (Å²) in [5.41, 5.74) is 0. The molecule has 2 unspecified atom stereocenters. The van der Waals surface area contributed by atoms with Crippen molar-refractivity contribution in [3.05, 3.63) is 0 Å². The van der Waals surface area contributed by atoms with Gasteiger partial charge in [-0.1, -0.05) is 0 Å². The van der Waals surface area contributed by atoms with Crippen molar-refractivity contribution in [2.75, 3.05) is 13.2 Å². The third kappa shape index (κ3) is 3.90. The average Bonchev–Trinajstić information content (AvgIpc) is 2.06. The first-order valence-electron chi connectivity index (χ1n) is 4.35. The van der Waals surface area contributed by atoms with Gasteiger partial charge >= 0.3 is 5.97 Å². The summed E-state index contributed by atoms with van der Waals surface area (Å²) in [5.74, 6) is -1.33. The fourth-order valence-electron chi connectivity index (χ4n) is 0.940. The zero-order valence-electron chi connectivity index (χ0n) is 8.24. The van der Waals surface area contributed by atoms with Gasteiger partial charge in [-0.25, -0.2) is 0 Å². The van der Waals surface area contributed by atoms with E-state index in [9.17, 15) is 4.79 Å². The number of esters is 1. The predicted octanol–water partition coefficient (Wildman–Crippen LogP) is 1.11. The van der Waals surface area contributed by atoms with E-state index in [2.05, 4.69) is 0 Å². The minimum atomic E-state index is -0.820. The number of nitriles is 1. The van der Waals surface area contributed by atoms with Gasteiger partial charge in [-0.3, -0.25) is 4.79 Å². The summed E-state index contributed by atoms with van der Waals surface area (Å²) in [6.07, 6.45) is -0.408. The van der Waals surface area contributed by atoms with Crippen molar-refractivity contribution in [2.45, 2.75) is 26.9 Å². The van der Waals surface area contributed by atoms with Crippen LogP contribution in [-0.2, 0) is 14.3 Å². The summed E-state index contributed by atoms with van der Waals surface area (Å²) in [4.78, 5) is 11.2. The number of hydrogen-bond donors (Lipinski definition) is 0. The van der Waals surface area contributed by atoms with Crippen molar-refractivity contribution in [2.24, 2.45) is 5.92 Å². The second kappa shape index (κ2) is 6.44. The molecule has 0 bridgehead atoms. The van der Waals surface area contributed by atoms with Gasteiger partial charge in [-0.2, -0.15) is 5.26 Å². The molecule has 0 fully saturated rings. The first-order valence-corrected chi connectivity index (χ1v) is 4.35. The fraction of sp³-hybridized carbons (Fsp3) is 0.778. The number of ether oxygens (including phenoxy) is 2. The van der Waals surface area contributed by atoms with E-state index in [1.807, 2.05) is 13.0 Å². The molecule has 4 heteroatoms. The van der Waals surface area contributed by atoms with Crippen LogP contribution in [0.3, 0.4) is 0 Å². The van der Waals surface area contributed by atoms with Crippen molar-refractivity contribution in [1.29, 1.82) is 5.26 Å². The zero-order valence-corrected chi connectivity index (χ0v) is 8.24. The van der Waals surface area contributed by atoms with E-state index in [4.69, 9.17) is 14.7 Å². The molecule has 0 saturated heterocycles. The predicted molar refractivity (Wildman–Crippen MR) is 46.8 cm³/mol. The van der Waals surface area contributed by atoms with Crippen LogP contribution in [0.4, 0.5) is 0 Å². The van der Waals surface area contributed by atoms with Crippen LogP contribution in [0.1, 0.15) is 20.8 Å². The molecule has 0 aromatic heterocycles.